The van der Waals surface area contributed by atoms with Crippen LogP contribution in [0.4, 0.5) is 11.9 Å². The predicted molar refractivity (Wildman–Crippen MR) is 254 cm³/mol. The fourth-order valence-corrected chi connectivity index (χ4v) is 11.2. The van der Waals surface area contributed by atoms with E-state index in [1.54, 1.807) is 6.33 Å². The average Bonchev–Trinajstić information content (AvgIpc) is 3.18. The highest BCUT2D eigenvalue weighted by molar-refractivity contribution is 5.41. The summed E-state index contributed by atoms with van der Waals surface area (Å²) in [5, 5.41) is 10.8. The van der Waals surface area contributed by atoms with Crippen molar-refractivity contribution in [1.82, 2.24) is 35.5 Å². The van der Waals surface area contributed by atoms with Gasteiger partial charge >= 0.3 is 0 Å². The minimum absolute atomic E-state index is 0.0135. The first-order chi connectivity index (χ1) is 28.8. The Kier molecular flexibility index (Phi) is 19.6. The highest BCUT2D eigenvalue weighted by Gasteiger charge is 2.50. The largest absolute Gasteiger partial charge is 0.338 e. The van der Waals surface area contributed by atoms with Gasteiger partial charge in [0, 0.05) is 65.5 Å². The highest BCUT2D eigenvalue weighted by atomic mass is 16.7. The zero-order valence-electron chi connectivity index (χ0n) is 42.4. The van der Waals surface area contributed by atoms with Gasteiger partial charge in [-0.05, 0) is 152 Å². The van der Waals surface area contributed by atoms with Gasteiger partial charge in [0.05, 0.1) is 19.8 Å². The summed E-state index contributed by atoms with van der Waals surface area (Å²) in [5.74, 6) is 2.51. The normalized spacial score (nSPS) is 28.3. The van der Waals surface area contributed by atoms with Gasteiger partial charge in [0.25, 0.3) is 0 Å². The molecule has 6 atom stereocenters. The van der Waals surface area contributed by atoms with Gasteiger partial charge in [-0.2, -0.15) is 20.2 Å². The van der Waals surface area contributed by atoms with E-state index in [9.17, 15) is 0 Å². The van der Waals surface area contributed by atoms with Gasteiger partial charge in [-0.3, -0.25) is 14.5 Å². The fourth-order valence-electron chi connectivity index (χ4n) is 11.2. The smallest absolute Gasteiger partial charge is 0.230 e. The number of rotatable bonds is 24. The molecule has 3 fully saturated rings. The number of anilines is 2. The zero-order valence-corrected chi connectivity index (χ0v) is 42.4. The Morgan fingerprint density at radius 2 is 1.10 bits per heavy atom. The quantitative estimate of drug-likeness (QED) is 0.100. The number of hydrogen-bond acceptors (Lipinski definition) is 12. The summed E-state index contributed by atoms with van der Waals surface area (Å²) in [5.41, 5.74) is -0.393. The van der Waals surface area contributed by atoms with E-state index in [2.05, 4.69) is 141 Å². The number of piperidine rings is 3. The number of nitrogens with one attached hydrogen (secondary N) is 1. The van der Waals surface area contributed by atoms with E-state index in [4.69, 9.17) is 29.5 Å². The van der Waals surface area contributed by atoms with Crippen molar-refractivity contribution in [3.05, 3.63) is 6.33 Å². The highest BCUT2D eigenvalue weighted by Crippen LogP contribution is 2.43. The van der Waals surface area contributed by atoms with Crippen LogP contribution in [0.15, 0.2) is 6.33 Å². The Labute approximate surface area is 374 Å². The van der Waals surface area contributed by atoms with E-state index in [1.807, 2.05) is 0 Å². The van der Waals surface area contributed by atoms with Gasteiger partial charge in [0.15, 0.2) is 0 Å². The molecule has 0 aromatic carbocycles. The molecule has 1 N–H and O–H groups in total. The Morgan fingerprint density at radius 3 is 1.67 bits per heavy atom. The molecule has 4 rings (SSSR count). The van der Waals surface area contributed by atoms with Crippen LogP contribution in [-0.2, 0) is 14.5 Å². The summed E-state index contributed by atoms with van der Waals surface area (Å²) in [6.07, 6.45) is 15.7. The standard InChI is InChI=1S/C49H95N9O3/c1-17-21-27-54(41-32-48(13,14)58(61-31-20-4)49(15,16)33-41)44-51-36-52-45(53-44)55(43-35-47(11,12)57(60-30-19-3)40(8)38(43)6)28-25-23-22-24-26-50-42-34-46(9,10)56(59-29-18-2)39(7)37(42)5/h36-43,50H,17-35H2,1-16H3. The molecule has 3 aliphatic rings. The van der Waals surface area contributed by atoms with E-state index in [1.165, 1.54) is 19.3 Å². The molecule has 0 spiro atoms. The van der Waals surface area contributed by atoms with Crippen molar-refractivity contribution in [1.29, 1.82) is 0 Å². The summed E-state index contributed by atoms with van der Waals surface area (Å²) >= 11 is 0. The lowest BCUT2D eigenvalue weighted by molar-refractivity contribution is -0.282. The minimum atomic E-state index is -0.136. The third kappa shape index (κ3) is 13.2. The van der Waals surface area contributed by atoms with E-state index in [0.29, 0.717) is 23.9 Å². The Bertz CT molecular complexity index is 1410. The molecule has 4 heterocycles. The Balaban J connectivity index is 1.52. The summed E-state index contributed by atoms with van der Waals surface area (Å²) in [7, 11) is 0. The van der Waals surface area contributed by atoms with Crippen LogP contribution in [0.3, 0.4) is 0 Å². The number of aromatic nitrogens is 3. The van der Waals surface area contributed by atoms with Crippen molar-refractivity contribution in [2.45, 2.75) is 247 Å². The molecule has 12 nitrogen and oxygen atoms in total. The first-order valence-electron chi connectivity index (χ1n) is 25.0. The summed E-state index contributed by atoms with van der Waals surface area (Å²) in [4.78, 5) is 39.6. The molecule has 0 amide bonds. The second-order valence-corrected chi connectivity index (χ2v) is 21.7. The first kappa shape index (κ1) is 52.0. The maximum atomic E-state index is 6.45. The van der Waals surface area contributed by atoms with Crippen molar-refractivity contribution in [3.8, 4) is 0 Å². The first-order valence-corrected chi connectivity index (χ1v) is 25.0. The van der Waals surface area contributed by atoms with Crippen molar-refractivity contribution in [2.24, 2.45) is 11.8 Å². The van der Waals surface area contributed by atoms with Crippen LogP contribution in [-0.4, -0.2) is 122 Å². The van der Waals surface area contributed by atoms with Gasteiger partial charge in [0.2, 0.25) is 11.9 Å². The molecular weight excluding hydrogens is 763 g/mol. The zero-order chi connectivity index (χ0) is 45.2. The molecule has 12 heteroatoms. The lowest BCUT2D eigenvalue weighted by Crippen LogP contribution is -2.64. The van der Waals surface area contributed by atoms with Crippen molar-refractivity contribution >= 4 is 11.9 Å². The Morgan fingerprint density at radius 1 is 0.590 bits per heavy atom. The number of hydroxylamine groups is 6. The molecule has 3 aliphatic heterocycles. The van der Waals surface area contributed by atoms with E-state index in [0.717, 1.165) is 116 Å². The van der Waals surface area contributed by atoms with Crippen molar-refractivity contribution in [2.75, 3.05) is 49.3 Å². The van der Waals surface area contributed by atoms with Gasteiger partial charge in [-0.1, -0.05) is 60.8 Å². The summed E-state index contributed by atoms with van der Waals surface area (Å²) < 4.78 is 0. The van der Waals surface area contributed by atoms with Crippen molar-refractivity contribution in [3.63, 3.8) is 0 Å². The molecule has 1 aromatic heterocycles. The molecule has 0 radical (unpaired) electrons. The second-order valence-electron chi connectivity index (χ2n) is 21.7. The van der Waals surface area contributed by atoms with Crippen LogP contribution in [0.25, 0.3) is 0 Å². The van der Waals surface area contributed by atoms with Crippen LogP contribution >= 0.6 is 0 Å². The molecule has 3 saturated heterocycles. The van der Waals surface area contributed by atoms with Crippen LogP contribution in [0.1, 0.15) is 194 Å². The van der Waals surface area contributed by atoms with Crippen LogP contribution in [0, 0.1) is 11.8 Å². The molecule has 0 bridgehead atoms. The van der Waals surface area contributed by atoms with Crippen LogP contribution in [0.2, 0.25) is 0 Å². The SMILES string of the molecule is CCCCN(c1ncnc(N(CCCCCCNC2CC(C)(C)N(OCCC)C(C)C2C)C2CC(C)(C)N(OCCC)C(C)C2C)n1)C1CC(C)(C)N(OCCC)C(C)(C)C1. The fraction of sp³-hybridized carbons (Fsp3) is 0.939. The number of hydrogen-bond donors (Lipinski definition) is 1. The second kappa shape index (κ2) is 23.0. The van der Waals surface area contributed by atoms with Gasteiger partial charge in [-0.15, -0.1) is 0 Å². The maximum absolute atomic E-state index is 6.45. The summed E-state index contributed by atoms with van der Waals surface area (Å²) in [6.45, 7) is 42.2. The molecule has 354 valence electrons. The topological polar surface area (TPSA) is 94.6 Å². The van der Waals surface area contributed by atoms with Gasteiger partial charge in [0.1, 0.15) is 6.33 Å². The van der Waals surface area contributed by atoms with Gasteiger partial charge in [-0.25, -0.2) is 9.97 Å². The molecule has 0 aliphatic carbocycles. The lowest BCUT2D eigenvalue weighted by Gasteiger charge is -2.55. The maximum Gasteiger partial charge on any atom is 0.230 e. The summed E-state index contributed by atoms with van der Waals surface area (Å²) in [6, 6.07) is 1.68. The Hall–Kier alpha value is -1.67. The monoisotopic (exact) mass is 858 g/mol. The molecule has 1 aromatic rings. The van der Waals surface area contributed by atoms with Crippen LogP contribution < -0.4 is 15.1 Å². The predicted octanol–water partition coefficient (Wildman–Crippen LogP) is 10.2. The average molecular weight is 858 g/mol. The van der Waals surface area contributed by atoms with E-state index < -0.39 is 0 Å². The van der Waals surface area contributed by atoms with Crippen LogP contribution in [0.5, 0.6) is 0 Å². The third-order valence-electron chi connectivity index (χ3n) is 14.4. The van der Waals surface area contributed by atoms with Crippen molar-refractivity contribution < 1.29 is 14.5 Å². The number of unbranched alkanes of at least 4 members (excludes halogenated alkanes) is 4. The van der Waals surface area contributed by atoms with Gasteiger partial charge < -0.3 is 15.1 Å². The lowest BCUT2D eigenvalue weighted by atomic mass is 9.78. The minimum Gasteiger partial charge on any atom is -0.338 e. The molecule has 6 unspecified atom stereocenters. The molecule has 61 heavy (non-hydrogen) atoms. The van der Waals surface area contributed by atoms with E-state index in [-0.39, 0.29) is 40.3 Å². The van der Waals surface area contributed by atoms with E-state index >= 15 is 0 Å². The number of nitrogens with zero attached hydrogens (tertiary/aromatic N) is 8. The molecule has 0 saturated carbocycles. The third-order valence-corrected chi connectivity index (χ3v) is 14.4. The molecular formula is C49H95N9O3.